The van der Waals surface area contributed by atoms with E-state index < -0.39 is 11.8 Å². The van der Waals surface area contributed by atoms with E-state index >= 15 is 0 Å². The molecule has 0 radical (unpaired) electrons. The predicted molar refractivity (Wildman–Crippen MR) is 124 cm³/mol. The molecule has 3 rings (SSSR count). The number of nitrogens with two attached hydrogens (primary N) is 1. The van der Waals surface area contributed by atoms with E-state index in [-0.39, 0.29) is 5.11 Å². The Morgan fingerprint density at radius 2 is 2.10 bits per heavy atom. The van der Waals surface area contributed by atoms with Crippen LogP contribution in [0.3, 0.4) is 0 Å². The lowest BCUT2D eigenvalue weighted by molar-refractivity contribution is -0.115. The van der Waals surface area contributed by atoms with Crippen LogP contribution in [-0.4, -0.2) is 16.9 Å². The van der Waals surface area contributed by atoms with Crippen molar-refractivity contribution in [3.05, 3.63) is 55.9 Å². The summed E-state index contributed by atoms with van der Waals surface area (Å²) in [5.74, 6) is -0.360. The lowest BCUT2D eigenvalue weighted by atomic mass is 9.88. The van der Waals surface area contributed by atoms with E-state index in [1.807, 2.05) is 0 Å². The summed E-state index contributed by atoms with van der Waals surface area (Å²) in [5, 5.41) is 7.14. The number of benzene rings is 1. The van der Waals surface area contributed by atoms with Gasteiger partial charge >= 0.3 is 0 Å². The zero-order chi connectivity index (χ0) is 21.1. The first kappa shape index (κ1) is 21.8. The summed E-state index contributed by atoms with van der Waals surface area (Å²) in [6, 6.07) is 4.99. The second-order valence-electron chi connectivity index (χ2n) is 6.86. The maximum absolute atomic E-state index is 12.2. The van der Waals surface area contributed by atoms with Crippen LogP contribution in [0.15, 0.2) is 24.3 Å². The van der Waals surface area contributed by atoms with Crippen molar-refractivity contribution in [3.8, 4) is 0 Å². The van der Waals surface area contributed by atoms with Crippen LogP contribution in [0.5, 0.6) is 0 Å². The molecule has 2 amide bonds. The maximum Gasteiger partial charge on any atom is 0.251 e. The number of hydrogen-bond acceptors (Lipinski definition) is 4. The van der Waals surface area contributed by atoms with Gasteiger partial charge in [-0.3, -0.25) is 14.9 Å². The molecule has 2 aromatic rings. The first-order valence-electron chi connectivity index (χ1n) is 8.94. The number of anilines is 1. The molecule has 1 aliphatic carbocycles. The van der Waals surface area contributed by atoms with E-state index in [9.17, 15) is 9.59 Å². The molecular formula is C20H19Cl2N3O2S2. The van der Waals surface area contributed by atoms with Crippen molar-refractivity contribution in [1.82, 2.24) is 5.32 Å². The van der Waals surface area contributed by atoms with Gasteiger partial charge in [0.2, 0.25) is 5.91 Å². The lowest BCUT2D eigenvalue weighted by Gasteiger charge is -2.18. The zero-order valence-electron chi connectivity index (χ0n) is 15.6. The van der Waals surface area contributed by atoms with Gasteiger partial charge in [-0.25, -0.2) is 0 Å². The number of carbonyl (C=O) groups is 2. The Labute approximate surface area is 188 Å². The molecule has 0 unspecified atom stereocenters. The highest BCUT2D eigenvalue weighted by Gasteiger charge is 2.26. The van der Waals surface area contributed by atoms with Gasteiger partial charge in [0.15, 0.2) is 5.11 Å². The Morgan fingerprint density at radius 1 is 1.34 bits per heavy atom. The van der Waals surface area contributed by atoms with Crippen molar-refractivity contribution in [1.29, 1.82) is 0 Å². The molecular weight excluding hydrogens is 449 g/mol. The van der Waals surface area contributed by atoms with Gasteiger partial charge in [-0.15, -0.1) is 11.3 Å². The summed E-state index contributed by atoms with van der Waals surface area (Å²) >= 11 is 18.6. The fourth-order valence-corrected chi connectivity index (χ4v) is 5.35. The molecule has 0 saturated carbocycles. The number of rotatable bonds is 4. The minimum atomic E-state index is -0.494. The minimum absolute atomic E-state index is 0.0935. The number of hydrogen-bond donors (Lipinski definition) is 3. The van der Waals surface area contributed by atoms with Crippen LogP contribution < -0.4 is 16.4 Å². The Hall–Kier alpha value is -1.93. The SMILES string of the molecule is C[C@@H]1CCc2c(sc(NC(=S)NC(=O)/C=C/c3ccc(Cl)cc3Cl)c2C(N)=O)C1. The van der Waals surface area contributed by atoms with Crippen molar-refractivity contribution in [2.75, 3.05) is 5.32 Å². The van der Waals surface area contributed by atoms with Gasteiger partial charge in [0.05, 0.1) is 5.56 Å². The Balaban J connectivity index is 1.68. The van der Waals surface area contributed by atoms with Gasteiger partial charge in [-0.05, 0) is 66.7 Å². The average Bonchev–Trinajstić information content (AvgIpc) is 2.97. The Morgan fingerprint density at radius 3 is 2.79 bits per heavy atom. The second kappa shape index (κ2) is 9.26. The molecule has 29 heavy (non-hydrogen) atoms. The quantitative estimate of drug-likeness (QED) is 0.445. The van der Waals surface area contributed by atoms with Crippen LogP contribution in [0.25, 0.3) is 6.08 Å². The molecule has 4 N–H and O–H groups in total. The average molecular weight is 468 g/mol. The van der Waals surface area contributed by atoms with Crippen LogP contribution >= 0.6 is 46.8 Å². The Bertz CT molecular complexity index is 1020. The molecule has 0 aliphatic heterocycles. The first-order valence-corrected chi connectivity index (χ1v) is 10.9. The molecule has 152 valence electrons. The van der Waals surface area contributed by atoms with Gasteiger partial charge in [0.25, 0.3) is 5.91 Å². The number of halogens is 2. The largest absolute Gasteiger partial charge is 0.365 e. The third-order valence-corrected chi connectivity index (χ3v) is 6.53. The molecule has 1 atom stereocenters. The van der Waals surface area contributed by atoms with Gasteiger partial charge in [0, 0.05) is 21.0 Å². The summed E-state index contributed by atoms with van der Waals surface area (Å²) < 4.78 is 0. The minimum Gasteiger partial charge on any atom is -0.365 e. The summed E-state index contributed by atoms with van der Waals surface area (Å²) in [6.45, 7) is 2.18. The molecule has 5 nitrogen and oxygen atoms in total. The molecule has 0 saturated heterocycles. The van der Waals surface area contributed by atoms with Crippen LogP contribution in [0.4, 0.5) is 5.00 Å². The van der Waals surface area contributed by atoms with Crippen LogP contribution in [-0.2, 0) is 17.6 Å². The highest BCUT2D eigenvalue weighted by molar-refractivity contribution is 7.80. The highest BCUT2D eigenvalue weighted by atomic mass is 35.5. The standard InChI is InChI=1S/C20H19Cl2N3O2S2/c1-10-2-6-13-15(8-10)29-19(17(13)18(23)27)25-20(28)24-16(26)7-4-11-3-5-12(21)9-14(11)22/h3-5,7,9-10H,2,6,8H2,1H3,(H2,23,27)(H2,24,25,26,28)/b7-4+/t10-/m1/s1. The highest BCUT2D eigenvalue weighted by Crippen LogP contribution is 2.39. The fraction of sp³-hybridized carbons (Fsp3) is 0.250. The van der Waals surface area contributed by atoms with E-state index in [1.54, 1.807) is 24.3 Å². The number of thiocarbonyl (C=S) groups is 1. The number of thiophene rings is 1. The molecule has 0 bridgehead atoms. The number of carbonyl (C=O) groups excluding carboxylic acids is 2. The summed E-state index contributed by atoms with van der Waals surface area (Å²) in [7, 11) is 0. The van der Waals surface area contributed by atoms with Crippen LogP contribution in [0.2, 0.25) is 10.0 Å². The van der Waals surface area contributed by atoms with Crippen LogP contribution in [0, 0.1) is 5.92 Å². The molecule has 0 spiro atoms. The lowest BCUT2D eigenvalue weighted by Crippen LogP contribution is -2.33. The van der Waals surface area contributed by atoms with Crippen molar-refractivity contribution in [3.63, 3.8) is 0 Å². The summed E-state index contributed by atoms with van der Waals surface area (Å²) in [6.07, 6.45) is 5.63. The predicted octanol–water partition coefficient (Wildman–Crippen LogP) is 4.81. The van der Waals surface area contributed by atoms with E-state index in [1.165, 1.54) is 17.4 Å². The first-order chi connectivity index (χ1) is 13.7. The second-order valence-corrected chi connectivity index (χ2v) is 9.22. The number of primary amides is 1. The van der Waals surface area contributed by atoms with Gasteiger partial charge in [-0.1, -0.05) is 36.2 Å². The van der Waals surface area contributed by atoms with Crippen molar-refractivity contribution < 1.29 is 9.59 Å². The summed E-state index contributed by atoms with van der Waals surface area (Å²) in [5.41, 5.74) is 7.71. The van der Waals surface area contributed by atoms with E-state index in [0.717, 1.165) is 29.7 Å². The van der Waals surface area contributed by atoms with E-state index in [0.29, 0.717) is 32.1 Å². The molecule has 1 aromatic heterocycles. The van der Waals surface area contributed by atoms with E-state index in [4.69, 9.17) is 41.2 Å². The number of amides is 2. The van der Waals surface area contributed by atoms with Gasteiger partial charge in [0.1, 0.15) is 5.00 Å². The normalized spacial score (nSPS) is 15.8. The van der Waals surface area contributed by atoms with Crippen molar-refractivity contribution >= 4 is 74.8 Å². The summed E-state index contributed by atoms with van der Waals surface area (Å²) in [4.78, 5) is 25.3. The van der Waals surface area contributed by atoms with Crippen LogP contribution in [0.1, 0.15) is 39.7 Å². The molecule has 9 heteroatoms. The fourth-order valence-electron chi connectivity index (χ4n) is 3.19. The monoisotopic (exact) mass is 467 g/mol. The molecule has 1 aliphatic rings. The number of fused-ring (bicyclic) bond motifs is 1. The van der Waals surface area contributed by atoms with Gasteiger partial charge < -0.3 is 11.1 Å². The molecule has 1 aromatic carbocycles. The number of nitrogens with one attached hydrogen (secondary N) is 2. The van der Waals surface area contributed by atoms with Crippen molar-refractivity contribution in [2.45, 2.75) is 26.2 Å². The van der Waals surface area contributed by atoms with Crippen molar-refractivity contribution in [2.24, 2.45) is 11.7 Å². The topological polar surface area (TPSA) is 84.2 Å². The third-order valence-electron chi connectivity index (χ3n) is 4.60. The third kappa shape index (κ3) is 5.36. The smallest absolute Gasteiger partial charge is 0.251 e. The maximum atomic E-state index is 12.2. The van der Waals surface area contributed by atoms with E-state index in [2.05, 4.69) is 17.6 Å². The molecule has 1 heterocycles. The molecule has 0 fully saturated rings. The zero-order valence-corrected chi connectivity index (χ0v) is 18.7. The van der Waals surface area contributed by atoms with Gasteiger partial charge in [-0.2, -0.15) is 0 Å². The Kier molecular flexibility index (Phi) is 6.95.